The van der Waals surface area contributed by atoms with E-state index in [4.69, 9.17) is 10.3 Å². The van der Waals surface area contributed by atoms with E-state index in [0.29, 0.717) is 42.8 Å². The number of hydrogen-bond acceptors (Lipinski definition) is 6. The zero-order chi connectivity index (χ0) is 25.3. The predicted octanol–water partition coefficient (Wildman–Crippen LogP) is 1.92. The first-order valence-electron chi connectivity index (χ1n) is 11.8. The summed E-state index contributed by atoms with van der Waals surface area (Å²) in [7, 11) is 3.19. The standard InChI is InChI=1S/C26H31N5O4/c1-15(2)31-24(30-25(34)35-31)26(11-12-27)20-9-7-18(22(32)28-3)13-16(20)5-6-17-14-19(23(33)29-4)8-10-21(17)26/h7-10,13-15H,5-6,11-12,27H2,1-4H3,(H,28,32)(H,29,33). The number of nitrogens with two attached hydrogens (primary N) is 1. The number of nitrogens with zero attached hydrogens (tertiary/aromatic N) is 2. The highest BCUT2D eigenvalue weighted by molar-refractivity contribution is 5.95. The molecule has 0 atom stereocenters. The van der Waals surface area contributed by atoms with Gasteiger partial charge in [-0.2, -0.15) is 9.72 Å². The van der Waals surface area contributed by atoms with Gasteiger partial charge in [0.2, 0.25) is 0 Å². The SMILES string of the molecule is CNC(=O)c1ccc2c(c1)CCc1cc(C(=O)NC)ccc1C2(CCN)c1nc(=O)on1C(C)C. The first-order chi connectivity index (χ1) is 16.8. The molecule has 1 aliphatic carbocycles. The zero-order valence-corrected chi connectivity index (χ0v) is 20.5. The first-order valence-corrected chi connectivity index (χ1v) is 11.8. The summed E-state index contributed by atoms with van der Waals surface area (Å²) in [6.45, 7) is 4.16. The van der Waals surface area contributed by atoms with Crippen molar-refractivity contribution in [1.82, 2.24) is 20.4 Å². The minimum atomic E-state index is -0.908. The number of amides is 2. The van der Waals surface area contributed by atoms with Gasteiger partial charge in [-0.3, -0.25) is 9.59 Å². The summed E-state index contributed by atoms with van der Waals surface area (Å²) in [5, 5.41) is 5.35. The molecule has 2 aromatic carbocycles. The number of nitrogens with one attached hydrogen (secondary N) is 2. The molecule has 1 aromatic heterocycles. The Kier molecular flexibility index (Phi) is 6.62. The number of fused-ring (bicyclic) bond motifs is 2. The van der Waals surface area contributed by atoms with Gasteiger partial charge in [-0.15, -0.1) is 0 Å². The smallest absolute Gasteiger partial charge is 0.355 e. The summed E-state index contributed by atoms with van der Waals surface area (Å²) >= 11 is 0. The lowest BCUT2D eigenvalue weighted by atomic mass is 9.69. The Morgan fingerprint density at radius 2 is 1.54 bits per heavy atom. The van der Waals surface area contributed by atoms with Crippen LogP contribution < -0.4 is 22.1 Å². The molecule has 0 saturated carbocycles. The fraction of sp³-hybridized carbons (Fsp3) is 0.385. The molecular weight excluding hydrogens is 446 g/mol. The molecule has 4 N–H and O–H groups in total. The van der Waals surface area contributed by atoms with Gasteiger partial charge in [0.05, 0.1) is 11.5 Å². The summed E-state index contributed by atoms with van der Waals surface area (Å²) in [5.41, 5.74) is 10.2. The zero-order valence-electron chi connectivity index (χ0n) is 20.5. The molecule has 3 aromatic rings. The Balaban J connectivity index is 2.10. The van der Waals surface area contributed by atoms with Gasteiger partial charge < -0.3 is 20.9 Å². The van der Waals surface area contributed by atoms with E-state index >= 15 is 0 Å². The lowest BCUT2D eigenvalue weighted by Crippen LogP contribution is -2.37. The van der Waals surface area contributed by atoms with E-state index < -0.39 is 11.2 Å². The minimum absolute atomic E-state index is 0.166. The normalized spacial score (nSPS) is 14.1. The van der Waals surface area contributed by atoms with E-state index in [1.807, 2.05) is 38.1 Å². The van der Waals surface area contributed by atoms with Crippen molar-refractivity contribution in [1.29, 1.82) is 0 Å². The third-order valence-electron chi connectivity index (χ3n) is 6.72. The molecular formula is C26H31N5O4. The van der Waals surface area contributed by atoms with Crippen LogP contribution in [0.25, 0.3) is 0 Å². The number of carbonyl (C=O) groups is 2. The van der Waals surface area contributed by atoms with Crippen LogP contribution in [0, 0.1) is 0 Å². The predicted molar refractivity (Wildman–Crippen MR) is 132 cm³/mol. The van der Waals surface area contributed by atoms with Crippen LogP contribution in [0.15, 0.2) is 45.7 Å². The second-order valence-electron chi connectivity index (χ2n) is 9.06. The second kappa shape index (κ2) is 9.50. The number of hydrogen-bond donors (Lipinski definition) is 3. The molecule has 0 radical (unpaired) electrons. The summed E-state index contributed by atoms with van der Waals surface area (Å²) in [4.78, 5) is 41.6. The lowest BCUT2D eigenvalue weighted by Gasteiger charge is -2.36. The van der Waals surface area contributed by atoms with E-state index in [-0.39, 0.29) is 17.9 Å². The van der Waals surface area contributed by atoms with Crippen molar-refractivity contribution in [3.8, 4) is 0 Å². The Morgan fingerprint density at radius 3 is 1.97 bits per heavy atom. The third kappa shape index (κ3) is 4.05. The largest absolute Gasteiger partial charge is 0.459 e. The summed E-state index contributed by atoms with van der Waals surface area (Å²) in [6, 6.07) is 11.0. The van der Waals surface area contributed by atoms with Crippen molar-refractivity contribution in [3.63, 3.8) is 0 Å². The van der Waals surface area contributed by atoms with Crippen LogP contribution in [0.3, 0.4) is 0 Å². The Labute approximate surface area is 203 Å². The molecule has 0 saturated heterocycles. The van der Waals surface area contributed by atoms with Gasteiger partial charge in [0.15, 0.2) is 5.82 Å². The number of rotatable bonds is 6. The maximum atomic E-state index is 12.4. The third-order valence-corrected chi connectivity index (χ3v) is 6.72. The summed E-state index contributed by atoms with van der Waals surface area (Å²) in [5.74, 6) is -0.572. The van der Waals surface area contributed by atoms with Crippen LogP contribution >= 0.6 is 0 Å². The van der Waals surface area contributed by atoms with Crippen molar-refractivity contribution in [3.05, 3.63) is 86.2 Å². The van der Waals surface area contributed by atoms with Gasteiger partial charge in [0.25, 0.3) is 11.8 Å². The second-order valence-corrected chi connectivity index (χ2v) is 9.06. The van der Waals surface area contributed by atoms with E-state index in [0.717, 1.165) is 22.3 Å². The van der Waals surface area contributed by atoms with E-state index in [1.165, 1.54) is 0 Å². The van der Waals surface area contributed by atoms with E-state index in [1.54, 1.807) is 31.0 Å². The van der Waals surface area contributed by atoms with Crippen LogP contribution in [-0.2, 0) is 18.3 Å². The topological polar surface area (TPSA) is 132 Å². The Hall–Kier alpha value is -3.72. The Bertz CT molecular complexity index is 1270. The van der Waals surface area contributed by atoms with Gasteiger partial charge in [0, 0.05) is 25.2 Å². The minimum Gasteiger partial charge on any atom is -0.355 e. The van der Waals surface area contributed by atoms with Crippen molar-refractivity contribution in [2.45, 2.75) is 44.6 Å². The van der Waals surface area contributed by atoms with Crippen molar-refractivity contribution < 1.29 is 14.1 Å². The first kappa shape index (κ1) is 24.4. The molecule has 1 aliphatic rings. The molecule has 184 valence electrons. The van der Waals surface area contributed by atoms with Crippen molar-refractivity contribution in [2.24, 2.45) is 5.73 Å². The van der Waals surface area contributed by atoms with Gasteiger partial charge in [-0.05, 0) is 86.2 Å². The summed E-state index contributed by atoms with van der Waals surface area (Å²) in [6.07, 6.45) is 1.73. The Morgan fingerprint density at radius 1 is 1.03 bits per heavy atom. The number of benzene rings is 2. The van der Waals surface area contributed by atoms with E-state index in [9.17, 15) is 14.4 Å². The van der Waals surface area contributed by atoms with E-state index in [2.05, 4.69) is 15.6 Å². The maximum absolute atomic E-state index is 12.4. The van der Waals surface area contributed by atoms with Crippen LogP contribution in [0.5, 0.6) is 0 Å². The average molecular weight is 478 g/mol. The molecule has 4 rings (SSSR count). The highest BCUT2D eigenvalue weighted by Crippen LogP contribution is 2.47. The molecule has 0 spiro atoms. The molecule has 0 bridgehead atoms. The van der Waals surface area contributed by atoms with Crippen LogP contribution in [0.2, 0.25) is 0 Å². The highest BCUT2D eigenvalue weighted by atomic mass is 16.5. The summed E-state index contributed by atoms with van der Waals surface area (Å²) < 4.78 is 7.06. The van der Waals surface area contributed by atoms with Crippen LogP contribution in [0.4, 0.5) is 0 Å². The van der Waals surface area contributed by atoms with Gasteiger partial charge in [-0.25, -0.2) is 4.79 Å². The molecule has 0 fully saturated rings. The molecule has 0 unspecified atom stereocenters. The maximum Gasteiger partial charge on any atom is 0.459 e. The fourth-order valence-electron chi connectivity index (χ4n) is 5.17. The monoisotopic (exact) mass is 477 g/mol. The van der Waals surface area contributed by atoms with Crippen molar-refractivity contribution in [2.75, 3.05) is 20.6 Å². The fourth-order valence-corrected chi connectivity index (χ4v) is 5.17. The van der Waals surface area contributed by atoms with Crippen LogP contribution in [-0.4, -0.2) is 42.2 Å². The molecule has 9 nitrogen and oxygen atoms in total. The molecule has 0 aliphatic heterocycles. The lowest BCUT2D eigenvalue weighted by molar-refractivity contribution is 0.0955. The van der Waals surface area contributed by atoms with Crippen molar-refractivity contribution >= 4 is 11.8 Å². The number of aryl methyl sites for hydroxylation is 2. The van der Waals surface area contributed by atoms with Crippen LogP contribution in [0.1, 0.15) is 75.1 Å². The van der Waals surface area contributed by atoms with Gasteiger partial charge >= 0.3 is 5.76 Å². The highest BCUT2D eigenvalue weighted by Gasteiger charge is 2.45. The molecule has 9 heteroatoms. The molecule has 35 heavy (non-hydrogen) atoms. The number of aromatic nitrogens is 2. The quantitative estimate of drug-likeness (QED) is 0.497. The van der Waals surface area contributed by atoms with Gasteiger partial charge in [0.1, 0.15) is 0 Å². The molecule has 2 amide bonds. The number of carbonyl (C=O) groups excluding carboxylic acids is 2. The average Bonchev–Trinajstić information content (AvgIpc) is 3.21. The molecule has 1 heterocycles. The van der Waals surface area contributed by atoms with Gasteiger partial charge in [-0.1, -0.05) is 12.1 Å².